The number of nitrogens with one attached hydrogen (secondary N) is 2. The van der Waals surface area contributed by atoms with Gasteiger partial charge in [-0.25, -0.2) is 18.0 Å². The van der Waals surface area contributed by atoms with Crippen LogP contribution >= 0.6 is 18.7 Å². The third-order valence-corrected chi connectivity index (χ3v) is 7.86. The van der Waals surface area contributed by atoms with Crippen molar-refractivity contribution in [2.24, 2.45) is 5.92 Å². The summed E-state index contributed by atoms with van der Waals surface area (Å²) in [6.45, 7) is 4.58. The smallest absolute Gasteiger partial charge is 0.319 e. The van der Waals surface area contributed by atoms with Gasteiger partial charge < -0.3 is 20.1 Å². The highest BCUT2D eigenvalue weighted by Gasteiger charge is 2.40. The van der Waals surface area contributed by atoms with Crippen molar-refractivity contribution in [2.45, 2.75) is 19.4 Å². The second-order valence-corrected chi connectivity index (χ2v) is 13.0. The van der Waals surface area contributed by atoms with Crippen LogP contribution in [-0.2, 0) is 9.36 Å². The van der Waals surface area contributed by atoms with Gasteiger partial charge in [-0.1, -0.05) is 17.7 Å². The number of aromatic nitrogens is 1. The van der Waals surface area contributed by atoms with Gasteiger partial charge in [0, 0.05) is 34.9 Å². The maximum Gasteiger partial charge on any atom is 0.319 e. The minimum Gasteiger partial charge on any atom is -0.337 e. The SMILES string of the molecule is CC1CC(CNC(=O)Nc2ccc(Cl)cc2F)C(=O)N1c1ccc(-c2cccnc2P(C)(C)=O)c(F)c1F. The fraction of sp³-hybridized carbons (Fsp3) is 0.269. The molecule has 3 aromatic rings. The highest BCUT2D eigenvalue weighted by atomic mass is 35.5. The summed E-state index contributed by atoms with van der Waals surface area (Å²) in [4.78, 5) is 30.6. The Hall–Kier alpha value is -3.36. The Morgan fingerprint density at radius 3 is 2.55 bits per heavy atom. The molecule has 0 saturated carbocycles. The molecule has 2 atom stereocenters. The first-order valence-electron chi connectivity index (χ1n) is 11.7. The Morgan fingerprint density at radius 1 is 1.13 bits per heavy atom. The molecule has 0 aliphatic carbocycles. The second kappa shape index (κ2) is 10.8. The largest absolute Gasteiger partial charge is 0.337 e. The van der Waals surface area contributed by atoms with Gasteiger partial charge in [0.15, 0.2) is 11.6 Å². The lowest BCUT2D eigenvalue weighted by atomic mass is 10.1. The predicted octanol–water partition coefficient (Wildman–Crippen LogP) is 5.63. The molecule has 1 fully saturated rings. The van der Waals surface area contributed by atoms with E-state index in [1.807, 2.05) is 0 Å². The number of amides is 3. The first-order chi connectivity index (χ1) is 17.9. The normalized spacial score (nSPS) is 17.6. The molecule has 38 heavy (non-hydrogen) atoms. The molecule has 2 N–H and O–H groups in total. The lowest BCUT2D eigenvalue weighted by Crippen LogP contribution is -2.38. The monoisotopic (exact) mass is 564 g/mol. The van der Waals surface area contributed by atoms with Crippen LogP contribution in [0, 0.1) is 23.4 Å². The van der Waals surface area contributed by atoms with Gasteiger partial charge in [0.05, 0.1) is 17.3 Å². The Labute approximate surface area is 222 Å². The molecule has 0 radical (unpaired) electrons. The first-order valence-corrected chi connectivity index (χ1v) is 14.7. The standard InChI is InChI=1S/C26H25ClF3N4O3P/c1-14-11-15(13-32-26(36)33-20-8-6-16(27)12-19(20)28)25(35)34(14)21-9-7-17(22(29)23(21)30)18-5-4-10-31-24(18)38(2,3)37/h4-10,12,14-15H,11,13H2,1-3H3,(H2,32,33,36). The van der Waals surface area contributed by atoms with Gasteiger partial charge in [-0.05, 0) is 63.1 Å². The summed E-state index contributed by atoms with van der Waals surface area (Å²) >= 11 is 5.71. The van der Waals surface area contributed by atoms with Crippen molar-refractivity contribution in [3.63, 3.8) is 0 Å². The molecule has 3 amide bonds. The zero-order valence-electron chi connectivity index (χ0n) is 20.8. The molecule has 1 aliphatic rings. The minimum atomic E-state index is -2.89. The van der Waals surface area contributed by atoms with E-state index in [1.165, 1.54) is 54.8 Å². The van der Waals surface area contributed by atoms with Crippen molar-refractivity contribution in [3.05, 3.63) is 71.1 Å². The summed E-state index contributed by atoms with van der Waals surface area (Å²) in [5.74, 6) is -4.32. The molecule has 7 nitrogen and oxygen atoms in total. The number of carbonyl (C=O) groups excluding carboxylic acids is 2. The van der Waals surface area contributed by atoms with Gasteiger partial charge in [0.25, 0.3) is 0 Å². The van der Waals surface area contributed by atoms with Gasteiger partial charge in [-0.2, -0.15) is 0 Å². The third kappa shape index (κ3) is 5.56. The Kier molecular flexibility index (Phi) is 7.85. The summed E-state index contributed by atoms with van der Waals surface area (Å²) in [7, 11) is -2.89. The third-order valence-electron chi connectivity index (χ3n) is 6.25. The molecule has 2 aromatic carbocycles. The number of carbonyl (C=O) groups is 2. The molecule has 12 heteroatoms. The lowest BCUT2D eigenvalue weighted by Gasteiger charge is -2.23. The van der Waals surface area contributed by atoms with Crippen molar-refractivity contribution in [1.29, 1.82) is 0 Å². The number of anilines is 2. The fourth-order valence-corrected chi connectivity index (χ4v) is 5.78. The molecule has 0 bridgehead atoms. The van der Waals surface area contributed by atoms with E-state index in [1.54, 1.807) is 13.0 Å². The van der Waals surface area contributed by atoms with Gasteiger partial charge in [-0.15, -0.1) is 0 Å². The quantitative estimate of drug-likeness (QED) is 0.380. The van der Waals surface area contributed by atoms with Crippen LogP contribution in [0.1, 0.15) is 13.3 Å². The van der Waals surface area contributed by atoms with E-state index in [-0.39, 0.29) is 45.9 Å². The average Bonchev–Trinajstić information content (AvgIpc) is 3.13. The molecular formula is C26H25ClF3N4O3P. The Morgan fingerprint density at radius 2 is 1.87 bits per heavy atom. The molecule has 1 aliphatic heterocycles. The van der Waals surface area contributed by atoms with Crippen LogP contribution < -0.4 is 21.0 Å². The van der Waals surface area contributed by atoms with Crippen molar-refractivity contribution in [2.75, 3.05) is 30.1 Å². The van der Waals surface area contributed by atoms with E-state index in [4.69, 9.17) is 11.6 Å². The molecule has 2 unspecified atom stereocenters. The van der Waals surface area contributed by atoms with Gasteiger partial charge >= 0.3 is 6.03 Å². The maximum atomic E-state index is 15.3. The van der Waals surface area contributed by atoms with Crippen molar-refractivity contribution in [1.82, 2.24) is 10.3 Å². The zero-order valence-corrected chi connectivity index (χ0v) is 22.4. The molecule has 4 rings (SSSR count). The zero-order chi connectivity index (χ0) is 27.8. The molecule has 1 aromatic heterocycles. The number of halogens is 4. The van der Waals surface area contributed by atoms with E-state index >= 15 is 8.78 Å². The fourth-order valence-electron chi connectivity index (χ4n) is 4.50. The Bertz CT molecular complexity index is 1470. The first kappa shape index (κ1) is 27.7. The van der Waals surface area contributed by atoms with Crippen LogP contribution in [0.5, 0.6) is 0 Å². The van der Waals surface area contributed by atoms with Crippen LogP contribution in [0.25, 0.3) is 11.1 Å². The Balaban J connectivity index is 1.51. The summed E-state index contributed by atoms with van der Waals surface area (Å²) in [6, 6.07) is 8.26. The van der Waals surface area contributed by atoms with Crippen LogP contribution in [-0.4, -0.2) is 42.8 Å². The van der Waals surface area contributed by atoms with E-state index in [9.17, 15) is 18.5 Å². The molecular weight excluding hydrogens is 540 g/mol. The number of hydrogen-bond acceptors (Lipinski definition) is 4. The van der Waals surface area contributed by atoms with Crippen molar-refractivity contribution in [3.8, 4) is 11.1 Å². The number of nitrogens with zero attached hydrogens (tertiary/aromatic N) is 2. The van der Waals surface area contributed by atoms with Crippen LogP contribution in [0.2, 0.25) is 5.02 Å². The van der Waals surface area contributed by atoms with Crippen LogP contribution in [0.15, 0.2) is 48.7 Å². The summed E-state index contributed by atoms with van der Waals surface area (Å²) in [5, 5.41) is 5.03. The number of rotatable bonds is 6. The van der Waals surface area contributed by atoms with Gasteiger partial charge in [-0.3, -0.25) is 9.78 Å². The predicted molar refractivity (Wildman–Crippen MR) is 142 cm³/mol. The average molecular weight is 565 g/mol. The molecule has 2 heterocycles. The molecule has 0 spiro atoms. The maximum absolute atomic E-state index is 15.3. The number of urea groups is 1. The highest BCUT2D eigenvalue weighted by Crippen LogP contribution is 2.40. The number of hydrogen-bond donors (Lipinski definition) is 2. The van der Waals surface area contributed by atoms with E-state index in [0.717, 1.165) is 6.07 Å². The van der Waals surface area contributed by atoms with Crippen molar-refractivity contribution >= 4 is 47.5 Å². The van der Waals surface area contributed by atoms with Crippen LogP contribution in [0.4, 0.5) is 29.3 Å². The molecule has 200 valence electrons. The highest BCUT2D eigenvalue weighted by molar-refractivity contribution is 7.70. The number of benzene rings is 2. The lowest BCUT2D eigenvalue weighted by molar-refractivity contribution is -0.120. The molecule has 1 saturated heterocycles. The number of pyridine rings is 1. The summed E-state index contributed by atoms with van der Waals surface area (Å²) in [5.41, 5.74) is -0.0339. The second-order valence-electron chi connectivity index (χ2n) is 9.43. The summed E-state index contributed by atoms with van der Waals surface area (Å²) < 4.78 is 57.2. The summed E-state index contributed by atoms with van der Waals surface area (Å²) in [6.07, 6.45) is 1.71. The van der Waals surface area contributed by atoms with Gasteiger partial charge in [0.2, 0.25) is 5.91 Å². The van der Waals surface area contributed by atoms with E-state index < -0.39 is 48.5 Å². The minimum absolute atomic E-state index is 0.0865. The van der Waals surface area contributed by atoms with Crippen molar-refractivity contribution < 1.29 is 27.3 Å². The van der Waals surface area contributed by atoms with Gasteiger partial charge in [0.1, 0.15) is 18.4 Å². The van der Waals surface area contributed by atoms with E-state index in [2.05, 4.69) is 15.6 Å². The van der Waals surface area contributed by atoms with Crippen LogP contribution in [0.3, 0.4) is 0 Å². The topological polar surface area (TPSA) is 91.4 Å². The van der Waals surface area contributed by atoms with E-state index in [0.29, 0.717) is 0 Å².